The second-order valence-electron chi connectivity index (χ2n) is 9.80. The minimum absolute atomic E-state index is 0.240. The smallest absolute Gasteiger partial charge is 0.410 e. The highest BCUT2D eigenvalue weighted by Crippen LogP contribution is 2.41. The molecule has 2 unspecified atom stereocenters. The maximum absolute atomic E-state index is 13.1. The largest absolute Gasteiger partial charge is 0.444 e. The van der Waals surface area contributed by atoms with Crippen LogP contribution in [0, 0.1) is 5.92 Å². The summed E-state index contributed by atoms with van der Waals surface area (Å²) in [4.78, 5) is 33.4. The average molecular weight is 404 g/mol. The molecule has 0 aliphatic carbocycles. The zero-order valence-corrected chi connectivity index (χ0v) is 17.8. The molecule has 29 heavy (non-hydrogen) atoms. The van der Waals surface area contributed by atoms with Crippen LogP contribution in [0.3, 0.4) is 0 Å². The molecule has 4 rings (SSSR count). The zero-order chi connectivity index (χ0) is 20.6. The minimum atomic E-state index is -0.471. The van der Waals surface area contributed by atoms with Crippen molar-refractivity contribution in [1.82, 2.24) is 24.6 Å². The molecule has 0 spiro atoms. The average Bonchev–Trinajstić information content (AvgIpc) is 3.27. The van der Waals surface area contributed by atoms with Crippen LogP contribution in [0.1, 0.15) is 71.8 Å². The zero-order valence-electron chi connectivity index (χ0n) is 17.8. The topological polar surface area (TPSA) is 80.6 Å². The Hall–Kier alpha value is -2.12. The summed E-state index contributed by atoms with van der Waals surface area (Å²) in [6.07, 6.45) is 9.62. The number of likely N-dealkylation sites (tertiary alicyclic amines) is 1. The lowest BCUT2D eigenvalue weighted by molar-refractivity contribution is -0.137. The first-order valence-electron chi connectivity index (χ1n) is 10.9. The Bertz CT molecular complexity index is 707. The van der Waals surface area contributed by atoms with Crippen molar-refractivity contribution in [1.29, 1.82) is 0 Å². The minimum Gasteiger partial charge on any atom is -0.444 e. The van der Waals surface area contributed by atoms with Crippen molar-refractivity contribution < 1.29 is 14.3 Å². The molecule has 8 nitrogen and oxygen atoms in total. The molecule has 1 aromatic rings. The van der Waals surface area contributed by atoms with Gasteiger partial charge in [-0.15, -0.1) is 0 Å². The van der Waals surface area contributed by atoms with E-state index in [4.69, 9.17) is 4.74 Å². The van der Waals surface area contributed by atoms with Gasteiger partial charge in [0.25, 0.3) is 0 Å². The molecule has 0 N–H and O–H groups in total. The third-order valence-electron chi connectivity index (χ3n) is 6.54. The molecular weight excluding hydrogens is 370 g/mol. The summed E-state index contributed by atoms with van der Waals surface area (Å²) in [5, 5.41) is 4.30. The van der Waals surface area contributed by atoms with Gasteiger partial charge >= 0.3 is 6.09 Å². The van der Waals surface area contributed by atoms with Gasteiger partial charge < -0.3 is 14.5 Å². The number of piperidine rings is 2. The van der Waals surface area contributed by atoms with E-state index in [1.54, 1.807) is 17.6 Å². The lowest BCUT2D eigenvalue weighted by atomic mass is 9.91. The van der Waals surface area contributed by atoms with Gasteiger partial charge in [0.05, 0.1) is 6.04 Å². The van der Waals surface area contributed by atoms with E-state index in [-0.39, 0.29) is 6.09 Å². The lowest BCUT2D eigenvalue weighted by Gasteiger charge is -2.40. The van der Waals surface area contributed by atoms with Gasteiger partial charge in [0, 0.05) is 31.6 Å². The number of hydrogen-bond donors (Lipinski definition) is 0. The second kappa shape index (κ2) is 7.95. The molecule has 3 saturated heterocycles. The number of nitrogens with zero attached hydrogens (tertiary/aromatic N) is 5. The number of rotatable bonds is 3. The summed E-state index contributed by atoms with van der Waals surface area (Å²) in [6, 6.07) is 1.02. The van der Waals surface area contributed by atoms with Crippen molar-refractivity contribution in [2.24, 2.45) is 5.92 Å². The van der Waals surface area contributed by atoms with E-state index in [0.29, 0.717) is 49.5 Å². The predicted molar refractivity (Wildman–Crippen MR) is 107 cm³/mol. The van der Waals surface area contributed by atoms with Crippen LogP contribution in [0.4, 0.5) is 4.79 Å². The highest BCUT2D eigenvalue weighted by atomic mass is 16.6. The Morgan fingerprint density at radius 3 is 2.24 bits per heavy atom. The van der Waals surface area contributed by atoms with Gasteiger partial charge in [-0.05, 0) is 65.2 Å². The fourth-order valence-electron chi connectivity index (χ4n) is 5.18. The normalized spacial score (nSPS) is 27.9. The van der Waals surface area contributed by atoms with E-state index in [2.05, 4.69) is 15.0 Å². The standard InChI is InChI=1S/C21H33N5O3/c1-21(2,3)29-20(28)24-8-6-15(7-9-24)10-19(27)26-16-4-5-17(26)12-18(11-16)25-14-22-13-23-25/h13-18H,4-12H2,1-3H3. The lowest BCUT2D eigenvalue weighted by Crippen LogP contribution is -2.48. The number of hydrogen-bond acceptors (Lipinski definition) is 5. The van der Waals surface area contributed by atoms with E-state index in [1.807, 2.05) is 25.5 Å². The van der Waals surface area contributed by atoms with Gasteiger partial charge in [0.2, 0.25) is 5.91 Å². The fraction of sp³-hybridized carbons (Fsp3) is 0.810. The number of carbonyl (C=O) groups excluding carboxylic acids is 2. The third kappa shape index (κ3) is 4.56. The molecule has 8 heteroatoms. The van der Waals surface area contributed by atoms with E-state index in [1.165, 1.54) is 0 Å². The molecule has 0 saturated carbocycles. The Morgan fingerprint density at radius 1 is 1.03 bits per heavy atom. The van der Waals surface area contributed by atoms with E-state index in [0.717, 1.165) is 38.5 Å². The van der Waals surface area contributed by atoms with Gasteiger partial charge in [0.1, 0.15) is 18.3 Å². The van der Waals surface area contributed by atoms with Crippen molar-refractivity contribution in [3.8, 4) is 0 Å². The molecule has 1 aromatic heterocycles. The van der Waals surface area contributed by atoms with Crippen LogP contribution in [0.15, 0.2) is 12.7 Å². The van der Waals surface area contributed by atoms with E-state index < -0.39 is 5.60 Å². The highest BCUT2D eigenvalue weighted by Gasteiger charge is 2.44. The van der Waals surface area contributed by atoms with E-state index >= 15 is 0 Å². The summed E-state index contributed by atoms with van der Waals surface area (Å²) in [6.45, 7) is 7.01. The number of aromatic nitrogens is 3. The quantitative estimate of drug-likeness (QED) is 0.775. The van der Waals surface area contributed by atoms with Crippen LogP contribution in [0.2, 0.25) is 0 Å². The Labute approximate surface area is 172 Å². The summed E-state index contributed by atoms with van der Waals surface area (Å²) in [5.41, 5.74) is -0.471. The number of amides is 2. The molecule has 0 radical (unpaired) electrons. The summed E-state index contributed by atoms with van der Waals surface area (Å²) in [7, 11) is 0. The first kappa shape index (κ1) is 20.2. The maximum atomic E-state index is 13.1. The summed E-state index contributed by atoms with van der Waals surface area (Å²) >= 11 is 0. The van der Waals surface area contributed by atoms with Crippen molar-refractivity contribution >= 4 is 12.0 Å². The van der Waals surface area contributed by atoms with Crippen LogP contribution in [-0.2, 0) is 9.53 Å². The second-order valence-corrected chi connectivity index (χ2v) is 9.80. The van der Waals surface area contributed by atoms with Crippen molar-refractivity contribution in [2.75, 3.05) is 13.1 Å². The molecule has 160 valence electrons. The first-order valence-corrected chi connectivity index (χ1v) is 10.9. The van der Waals surface area contributed by atoms with Gasteiger partial charge in [0.15, 0.2) is 0 Å². The third-order valence-corrected chi connectivity index (χ3v) is 6.54. The molecule has 3 aliphatic heterocycles. The van der Waals surface area contributed by atoms with Gasteiger partial charge in [-0.3, -0.25) is 4.79 Å². The Kier molecular flexibility index (Phi) is 5.53. The SMILES string of the molecule is CC(C)(C)OC(=O)N1CCC(CC(=O)N2C3CCC2CC(n2cncn2)C3)CC1. The fourth-order valence-corrected chi connectivity index (χ4v) is 5.18. The molecular formula is C21H33N5O3. The predicted octanol–water partition coefficient (Wildman–Crippen LogP) is 3.01. The molecule has 2 bridgehead atoms. The molecule has 2 amide bonds. The van der Waals surface area contributed by atoms with Crippen molar-refractivity contribution in [3.05, 3.63) is 12.7 Å². The van der Waals surface area contributed by atoms with Gasteiger partial charge in [-0.25, -0.2) is 14.5 Å². The number of carbonyl (C=O) groups is 2. The van der Waals surface area contributed by atoms with Crippen LogP contribution >= 0.6 is 0 Å². The molecule has 4 heterocycles. The molecule has 0 aromatic carbocycles. The van der Waals surface area contributed by atoms with Crippen molar-refractivity contribution in [3.63, 3.8) is 0 Å². The first-order chi connectivity index (χ1) is 13.8. The molecule has 3 fully saturated rings. The van der Waals surface area contributed by atoms with Crippen molar-refractivity contribution in [2.45, 2.75) is 89.4 Å². The Morgan fingerprint density at radius 2 is 1.69 bits per heavy atom. The van der Waals surface area contributed by atoms with Gasteiger partial charge in [-0.1, -0.05) is 0 Å². The van der Waals surface area contributed by atoms with Crippen LogP contribution in [0.25, 0.3) is 0 Å². The van der Waals surface area contributed by atoms with Gasteiger partial charge in [-0.2, -0.15) is 5.10 Å². The maximum Gasteiger partial charge on any atom is 0.410 e. The Balaban J connectivity index is 1.27. The van der Waals surface area contributed by atoms with Crippen LogP contribution in [0.5, 0.6) is 0 Å². The number of fused-ring (bicyclic) bond motifs is 2. The van der Waals surface area contributed by atoms with E-state index in [9.17, 15) is 9.59 Å². The molecule has 2 atom stereocenters. The molecule has 3 aliphatic rings. The monoisotopic (exact) mass is 403 g/mol. The summed E-state index contributed by atoms with van der Waals surface area (Å²) in [5.74, 6) is 0.652. The number of ether oxygens (including phenoxy) is 1. The van der Waals surface area contributed by atoms with Crippen LogP contribution in [-0.4, -0.2) is 67.3 Å². The highest BCUT2D eigenvalue weighted by molar-refractivity contribution is 5.77. The van der Waals surface area contributed by atoms with Crippen LogP contribution < -0.4 is 0 Å². The summed E-state index contributed by atoms with van der Waals surface area (Å²) < 4.78 is 7.42.